The van der Waals surface area contributed by atoms with Gasteiger partial charge in [-0.3, -0.25) is 0 Å². The van der Waals surface area contributed by atoms with E-state index in [2.05, 4.69) is 42.9 Å². The zero-order valence-corrected chi connectivity index (χ0v) is 11.0. The first-order valence-corrected chi connectivity index (χ1v) is 6.82. The van der Waals surface area contributed by atoms with E-state index in [-0.39, 0.29) is 4.70 Å². The third kappa shape index (κ3) is 17.6. The van der Waals surface area contributed by atoms with E-state index in [1.165, 1.54) is 18.4 Å². The Morgan fingerprint density at radius 1 is 1.06 bits per heavy atom. The molecule has 0 unspecified atom stereocenters. The van der Waals surface area contributed by atoms with Gasteiger partial charge >= 0.3 is 29.1 Å². The van der Waals surface area contributed by atoms with E-state index in [4.69, 9.17) is 0 Å². The van der Waals surface area contributed by atoms with E-state index in [9.17, 15) is 21.0 Å². The fraction of sp³-hybridized carbons (Fsp3) is 0.500. The van der Waals surface area contributed by atoms with Crippen LogP contribution in [0.2, 0.25) is 0 Å². The van der Waals surface area contributed by atoms with Crippen LogP contribution in [0, 0.1) is 6.92 Å². The van der Waals surface area contributed by atoms with Gasteiger partial charge in [0.2, 0.25) is 0 Å². The van der Waals surface area contributed by atoms with E-state index in [0.717, 1.165) is 6.54 Å². The maximum atomic E-state index is 9.84. The Kier molecular flexibility index (Phi) is 8.19. The molecule has 1 rings (SSSR count). The molecule has 1 aromatic heterocycles. The predicted octanol–water partition coefficient (Wildman–Crippen LogP) is 2.05. The standard InChI is InChI=1S/C10H16N.F5P.FH/c1-3-4-7-11-8-5-10(2)6-9-11;1-6(2,3,4)5;/h5-6,8-9H,3-4,7H2,1-2H3;;1H/q+1;;/p-1. The maximum absolute atomic E-state index is 9.84. The Morgan fingerprint density at radius 3 is 1.78 bits per heavy atom. The summed E-state index contributed by atoms with van der Waals surface area (Å²) < 4.78 is 51.4. The van der Waals surface area contributed by atoms with Gasteiger partial charge in [0, 0.05) is 18.6 Å². The molecule has 8 heteroatoms. The number of halogens is 6. The van der Waals surface area contributed by atoms with Gasteiger partial charge < -0.3 is 4.70 Å². The predicted molar refractivity (Wildman–Crippen MR) is 58.7 cm³/mol. The van der Waals surface area contributed by atoms with Gasteiger partial charge in [-0.1, -0.05) is 13.3 Å². The quantitative estimate of drug-likeness (QED) is 0.456. The number of hydrogen-bond acceptors (Lipinski definition) is 0. The van der Waals surface area contributed by atoms with Crippen molar-refractivity contribution < 1.29 is 30.3 Å². The number of hydrogen-bond donors (Lipinski definition) is 0. The maximum Gasteiger partial charge on any atom is -1.00 e. The molecule has 0 amide bonds. The van der Waals surface area contributed by atoms with Crippen molar-refractivity contribution in [1.29, 1.82) is 0 Å². The average Bonchev–Trinajstić information content (AvgIpc) is 2.13. The van der Waals surface area contributed by atoms with Crippen molar-refractivity contribution >= 4 is 8.16 Å². The van der Waals surface area contributed by atoms with Crippen LogP contribution in [-0.2, 0) is 6.54 Å². The van der Waals surface area contributed by atoms with E-state index >= 15 is 0 Å². The van der Waals surface area contributed by atoms with Crippen LogP contribution >= 0.6 is 8.16 Å². The molecule has 0 aliphatic carbocycles. The molecule has 108 valence electrons. The van der Waals surface area contributed by atoms with E-state index in [0.29, 0.717) is 0 Å². The third-order valence-electron chi connectivity index (χ3n) is 1.83. The molecule has 1 heterocycles. The second-order valence-corrected chi connectivity index (χ2v) is 4.88. The zero-order valence-electron chi connectivity index (χ0n) is 10.1. The van der Waals surface area contributed by atoms with Gasteiger partial charge in [0.25, 0.3) is 0 Å². The van der Waals surface area contributed by atoms with Crippen LogP contribution in [-0.4, -0.2) is 0 Å². The van der Waals surface area contributed by atoms with E-state index < -0.39 is 8.16 Å². The van der Waals surface area contributed by atoms with Gasteiger partial charge in [-0.2, -0.15) is 0 Å². The largest absolute Gasteiger partial charge is 1.00 e. The summed E-state index contributed by atoms with van der Waals surface area (Å²) in [5.74, 6) is 0. The molecule has 0 radical (unpaired) electrons. The van der Waals surface area contributed by atoms with Crippen molar-refractivity contribution in [3.05, 3.63) is 30.1 Å². The molecule has 18 heavy (non-hydrogen) atoms. The SMILES string of the molecule is CCCC[n+]1ccc(C)cc1.FP(F)(F)(F)F.[F-]. The number of pyridine rings is 1. The van der Waals surface area contributed by atoms with Gasteiger partial charge in [-0.25, -0.2) is 4.57 Å². The summed E-state index contributed by atoms with van der Waals surface area (Å²) in [6.07, 6.45) is 6.82. The van der Waals surface area contributed by atoms with Crippen LogP contribution in [0.4, 0.5) is 21.0 Å². The first kappa shape index (κ1) is 19.5. The summed E-state index contributed by atoms with van der Waals surface area (Å²) in [5, 5.41) is 0. The van der Waals surface area contributed by atoms with Gasteiger partial charge in [0.15, 0.2) is 12.4 Å². The Labute approximate surface area is 103 Å². The van der Waals surface area contributed by atoms with Crippen LogP contribution in [0.25, 0.3) is 0 Å². The number of unbranched alkanes of at least 4 members (excludes halogenated alkanes) is 1. The van der Waals surface area contributed by atoms with Crippen LogP contribution < -0.4 is 9.27 Å². The fourth-order valence-corrected chi connectivity index (χ4v) is 1.02. The minimum absolute atomic E-state index is 0. The molecule has 0 fully saturated rings. The second-order valence-electron chi connectivity index (χ2n) is 3.61. The summed E-state index contributed by atoms with van der Waals surface area (Å²) in [4.78, 5) is 0. The number of aryl methyl sites for hydroxylation is 2. The minimum Gasteiger partial charge on any atom is -1.00 e. The number of aromatic nitrogens is 1. The number of nitrogens with zero attached hydrogens (tertiary/aromatic N) is 1. The molecule has 0 N–H and O–H groups in total. The molecular formula is C10H16F6NP. The fourth-order valence-electron chi connectivity index (χ4n) is 1.02. The Balaban J connectivity index is 0. The summed E-state index contributed by atoms with van der Waals surface area (Å²) >= 11 is 0. The van der Waals surface area contributed by atoms with E-state index in [1.54, 1.807) is 0 Å². The van der Waals surface area contributed by atoms with Gasteiger partial charge in [0.05, 0.1) is 0 Å². The van der Waals surface area contributed by atoms with Crippen molar-refractivity contribution in [3.8, 4) is 0 Å². The Bertz CT molecular complexity index is 316. The van der Waals surface area contributed by atoms with Crippen LogP contribution in [0.1, 0.15) is 25.3 Å². The van der Waals surface area contributed by atoms with Crippen molar-refractivity contribution in [2.75, 3.05) is 0 Å². The average molecular weight is 295 g/mol. The molecule has 0 aliphatic heterocycles. The summed E-state index contributed by atoms with van der Waals surface area (Å²) in [6.45, 7) is 5.48. The normalized spacial score (nSPS) is 12.5. The molecule has 1 nitrogen and oxygen atoms in total. The molecule has 0 bridgehead atoms. The molecule has 0 aliphatic rings. The second kappa shape index (κ2) is 7.56. The van der Waals surface area contributed by atoms with Crippen molar-refractivity contribution in [2.45, 2.75) is 33.2 Å². The Morgan fingerprint density at radius 2 is 1.44 bits per heavy atom. The third-order valence-corrected chi connectivity index (χ3v) is 1.83. The summed E-state index contributed by atoms with van der Waals surface area (Å²) in [6, 6.07) is 4.30. The van der Waals surface area contributed by atoms with E-state index in [1.807, 2.05) is 0 Å². The summed E-state index contributed by atoms with van der Waals surface area (Å²) in [5.41, 5.74) is 1.33. The van der Waals surface area contributed by atoms with Gasteiger partial charge in [-0.05, 0) is 12.5 Å². The first-order valence-electron chi connectivity index (χ1n) is 5.13. The first-order chi connectivity index (χ1) is 7.56. The topological polar surface area (TPSA) is 3.88 Å². The van der Waals surface area contributed by atoms with Gasteiger partial charge in [0.1, 0.15) is 6.54 Å². The smallest absolute Gasteiger partial charge is 1.00 e. The zero-order chi connectivity index (χ0) is 13.6. The van der Waals surface area contributed by atoms with Crippen LogP contribution in [0.15, 0.2) is 24.5 Å². The molecule has 0 spiro atoms. The monoisotopic (exact) mass is 295 g/mol. The van der Waals surface area contributed by atoms with Crippen LogP contribution in [0.5, 0.6) is 0 Å². The molecule has 0 atom stereocenters. The number of rotatable bonds is 3. The molecule has 1 aromatic rings. The van der Waals surface area contributed by atoms with Crippen molar-refractivity contribution in [2.24, 2.45) is 0 Å². The van der Waals surface area contributed by atoms with Crippen molar-refractivity contribution in [1.82, 2.24) is 0 Å². The Hall–Kier alpha value is -0.840. The van der Waals surface area contributed by atoms with Crippen LogP contribution in [0.3, 0.4) is 0 Å². The van der Waals surface area contributed by atoms with Gasteiger partial charge in [-0.15, -0.1) is 0 Å². The molecular weight excluding hydrogens is 279 g/mol. The molecule has 0 saturated carbocycles. The summed E-state index contributed by atoms with van der Waals surface area (Å²) in [7, 11) is -8.55. The molecule has 0 aromatic carbocycles. The molecule has 0 saturated heterocycles. The van der Waals surface area contributed by atoms with Crippen molar-refractivity contribution in [3.63, 3.8) is 0 Å². The minimum atomic E-state index is -8.55.